The molecular formula is C23H27FN6O3S. The predicted molar refractivity (Wildman–Crippen MR) is 128 cm³/mol. The second kappa shape index (κ2) is 10.7. The van der Waals surface area contributed by atoms with Crippen molar-refractivity contribution in [1.82, 2.24) is 25.2 Å². The Morgan fingerprint density at radius 1 is 1.24 bits per heavy atom. The molecule has 0 radical (unpaired) electrons. The monoisotopic (exact) mass is 486 g/mol. The molecule has 11 heteroatoms. The largest absolute Gasteiger partial charge is 0.356 e. The summed E-state index contributed by atoms with van der Waals surface area (Å²) >= 11 is 1.23. The van der Waals surface area contributed by atoms with Crippen LogP contribution in [0.15, 0.2) is 35.4 Å². The number of hydrogen-bond donors (Lipinski definition) is 2. The minimum atomic E-state index is -0.353. The second-order valence-electron chi connectivity index (χ2n) is 8.31. The predicted octanol–water partition coefficient (Wildman–Crippen LogP) is 2.05. The van der Waals surface area contributed by atoms with Crippen LogP contribution in [-0.4, -0.2) is 46.0 Å². The van der Waals surface area contributed by atoms with E-state index in [1.807, 2.05) is 11.8 Å². The van der Waals surface area contributed by atoms with Crippen LogP contribution in [0.1, 0.15) is 31.7 Å². The van der Waals surface area contributed by atoms with Crippen LogP contribution in [-0.2, 0) is 22.7 Å². The van der Waals surface area contributed by atoms with Crippen molar-refractivity contribution in [3.8, 4) is 0 Å². The van der Waals surface area contributed by atoms with Crippen LogP contribution in [0.4, 0.5) is 9.52 Å². The lowest BCUT2D eigenvalue weighted by molar-refractivity contribution is -0.125. The number of halogens is 1. The smallest absolute Gasteiger partial charge is 0.273 e. The molecule has 0 bridgehead atoms. The molecule has 1 aliphatic heterocycles. The number of amides is 2. The first kappa shape index (κ1) is 23.8. The van der Waals surface area contributed by atoms with Gasteiger partial charge >= 0.3 is 0 Å². The molecule has 2 amide bonds. The molecule has 180 valence electrons. The van der Waals surface area contributed by atoms with Crippen LogP contribution in [0.5, 0.6) is 0 Å². The van der Waals surface area contributed by atoms with Gasteiger partial charge in [0.1, 0.15) is 23.4 Å². The summed E-state index contributed by atoms with van der Waals surface area (Å²) in [7, 11) is 0. The van der Waals surface area contributed by atoms with E-state index in [1.54, 1.807) is 12.1 Å². The number of aromatic nitrogens is 3. The van der Waals surface area contributed by atoms with E-state index >= 15 is 0 Å². The number of piperidine rings is 1. The summed E-state index contributed by atoms with van der Waals surface area (Å²) in [6.45, 7) is 4.05. The number of carbonyl (C=O) groups excluding carboxylic acids is 2. The van der Waals surface area contributed by atoms with Crippen molar-refractivity contribution in [2.75, 3.05) is 24.5 Å². The molecule has 0 saturated carbocycles. The number of benzene rings is 1. The molecule has 9 nitrogen and oxygen atoms in total. The topological polar surface area (TPSA) is 109 Å². The summed E-state index contributed by atoms with van der Waals surface area (Å²) in [4.78, 5) is 48.5. The molecule has 3 aromatic rings. The molecule has 1 aliphatic rings. The van der Waals surface area contributed by atoms with Gasteiger partial charge in [-0.3, -0.25) is 19.0 Å². The molecule has 1 fully saturated rings. The zero-order chi connectivity index (χ0) is 24.1. The van der Waals surface area contributed by atoms with Gasteiger partial charge in [-0.2, -0.15) is 4.98 Å². The molecule has 1 saturated heterocycles. The SMILES string of the molecule is CCCNC(=O)[C@H]1CCCN(c2nc3ncn(CC(=O)NCc4ccc(F)cc4)c(=O)c3s2)C1. The number of anilines is 1. The normalized spacial score (nSPS) is 15.9. The zero-order valence-electron chi connectivity index (χ0n) is 18.9. The van der Waals surface area contributed by atoms with Gasteiger partial charge in [-0.05, 0) is 37.0 Å². The highest BCUT2D eigenvalue weighted by Gasteiger charge is 2.27. The van der Waals surface area contributed by atoms with Crippen molar-refractivity contribution in [2.45, 2.75) is 39.3 Å². The fourth-order valence-electron chi connectivity index (χ4n) is 3.85. The highest BCUT2D eigenvalue weighted by molar-refractivity contribution is 7.22. The molecule has 3 heterocycles. The van der Waals surface area contributed by atoms with Gasteiger partial charge in [0.05, 0.1) is 5.92 Å². The standard InChI is InChI=1S/C23H27FN6O3S/c1-2-9-25-21(32)16-4-3-10-29(12-16)23-28-20-19(34-23)22(33)30(14-27-20)13-18(31)26-11-15-5-7-17(24)8-6-15/h5-8,14,16H,2-4,9-13H2,1H3,(H,25,32)(H,26,31)/t16-/m0/s1. The minimum absolute atomic E-state index is 0.0554. The van der Waals surface area contributed by atoms with Crippen molar-refractivity contribution >= 4 is 38.6 Å². The van der Waals surface area contributed by atoms with E-state index in [-0.39, 0.29) is 42.2 Å². The third kappa shape index (κ3) is 5.58. The Kier molecular flexibility index (Phi) is 7.51. The average Bonchev–Trinajstić information content (AvgIpc) is 3.29. The Hall–Kier alpha value is -3.34. The maximum atomic E-state index is 13.0. The molecule has 34 heavy (non-hydrogen) atoms. The number of fused-ring (bicyclic) bond motifs is 1. The van der Waals surface area contributed by atoms with Gasteiger partial charge in [-0.15, -0.1) is 0 Å². The summed E-state index contributed by atoms with van der Waals surface area (Å²) in [5.74, 6) is -0.749. The van der Waals surface area contributed by atoms with Crippen LogP contribution in [0.2, 0.25) is 0 Å². The molecule has 2 N–H and O–H groups in total. The average molecular weight is 487 g/mol. The third-order valence-electron chi connectivity index (χ3n) is 5.70. The van der Waals surface area contributed by atoms with Crippen LogP contribution in [0.25, 0.3) is 10.3 Å². The van der Waals surface area contributed by atoms with Crippen LogP contribution in [0.3, 0.4) is 0 Å². The molecule has 0 aliphatic carbocycles. The number of nitrogens with zero attached hydrogens (tertiary/aromatic N) is 4. The Bertz CT molecular complexity index is 1230. The van der Waals surface area contributed by atoms with Crippen molar-refractivity contribution in [2.24, 2.45) is 5.92 Å². The minimum Gasteiger partial charge on any atom is -0.356 e. The maximum Gasteiger partial charge on any atom is 0.273 e. The van der Waals surface area contributed by atoms with E-state index in [2.05, 4.69) is 20.6 Å². The van der Waals surface area contributed by atoms with Crippen LogP contribution >= 0.6 is 11.3 Å². The van der Waals surface area contributed by atoms with Gasteiger partial charge in [0, 0.05) is 26.2 Å². The van der Waals surface area contributed by atoms with Crippen molar-refractivity contribution in [3.63, 3.8) is 0 Å². The highest BCUT2D eigenvalue weighted by atomic mass is 32.1. The summed E-state index contributed by atoms with van der Waals surface area (Å²) < 4.78 is 14.6. The van der Waals surface area contributed by atoms with E-state index in [0.717, 1.165) is 31.4 Å². The van der Waals surface area contributed by atoms with Crippen LogP contribution < -0.4 is 21.1 Å². The van der Waals surface area contributed by atoms with Gasteiger partial charge in [0.25, 0.3) is 5.56 Å². The van der Waals surface area contributed by atoms with Gasteiger partial charge in [-0.1, -0.05) is 30.4 Å². The Labute approximate surface area is 200 Å². The number of thiazole rings is 1. The Morgan fingerprint density at radius 2 is 2.03 bits per heavy atom. The van der Waals surface area contributed by atoms with E-state index < -0.39 is 0 Å². The zero-order valence-corrected chi connectivity index (χ0v) is 19.7. The molecule has 0 spiro atoms. The third-order valence-corrected chi connectivity index (χ3v) is 6.79. The lowest BCUT2D eigenvalue weighted by Gasteiger charge is -2.31. The second-order valence-corrected chi connectivity index (χ2v) is 9.28. The first-order valence-corrected chi connectivity index (χ1v) is 12.2. The lowest BCUT2D eigenvalue weighted by atomic mass is 9.97. The van der Waals surface area contributed by atoms with Gasteiger partial charge in [0.2, 0.25) is 11.8 Å². The van der Waals surface area contributed by atoms with Gasteiger partial charge in [-0.25, -0.2) is 9.37 Å². The molecule has 0 unspecified atom stereocenters. The fraction of sp³-hybridized carbons (Fsp3) is 0.435. The number of carbonyl (C=O) groups is 2. The van der Waals surface area contributed by atoms with E-state index in [9.17, 15) is 18.8 Å². The first-order chi connectivity index (χ1) is 16.4. The summed E-state index contributed by atoms with van der Waals surface area (Å²) in [5.41, 5.74) is 0.761. The van der Waals surface area contributed by atoms with Crippen molar-refractivity contribution in [1.29, 1.82) is 0 Å². The maximum absolute atomic E-state index is 13.0. The number of hydrogen-bond acceptors (Lipinski definition) is 7. The van der Waals surface area contributed by atoms with E-state index in [0.29, 0.717) is 28.6 Å². The Morgan fingerprint density at radius 3 is 2.79 bits per heavy atom. The number of nitrogens with one attached hydrogen (secondary N) is 2. The lowest BCUT2D eigenvalue weighted by Crippen LogP contribution is -2.43. The Balaban J connectivity index is 1.42. The summed E-state index contributed by atoms with van der Waals surface area (Å²) in [6.07, 6.45) is 3.91. The fourth-order valence-corrected chi connectivity index (χ4v) is 4.86. The first-order valence-electron chi connectivity index (χ1n) is 11.3. The summed E-state index contributed by atoms with van der Waals surface area (Å²) in [5, 5.41) is 6.34. The van der Waals surface area contributed by atoms with Gasteiger partial charge < -0.3 is 15.5 Å². The number of rotatable bonds is 8. The van der Waals surface area contributed by atoms with Crippen molar-refractivity contribution < 1.29 is 14.0 Å². The molecular weight excluding hydrogens is 459 g/mol. The van der Waals surface area contributed by atoms with Crippen LogP contribution in [0, 0.1) is 11.7 Å². The van der Waals surface area contributed by atoms with E-state index in [4.69, 9.17) is 0 Å². The molecule has 4 rings (SSSR count). The molecule has 1 atom stereocenters. The highest BCUT2D eigenvalue weighted by Crippen LogP contribution is 2.29. The van der Waals surface area contributed by atoms with Crippen molar-refractivity contribution in [3.05, 3.63) is 52.3 Å². The summed E-state index contributed by atoms with van der Waals surface area (Å²) in [6, 6.07) is 5.83. The van der Waals surface area contributed by atoms with Gasteiger partial charge in [0.15, 0.2) is 10.8 Å². The quantitative estimate of drug-likeness (QED) is 0.505. The molecule has 2 aromatic heterocycles. The molecule has 1 aromatic carbocycles. The van der Waals surface area contributed by atoms with E-state index in [1.165, 1.54) is 34.4 Å².